The largest absolute Gasteiger partial charge is 0.872 e. The summed E-state index contributed by atoms with van der Waals surface area (Å²) in [6.07, 6.45) is 0. The fraction of sp³-hybridized carbons (Fsp3) is 0.400. The number of hydrogen-bond donors (Lipinski definition) is 0. The van der Waals surface area contributed by atoms with Crippen LogP contribution in [0.25, 0.3) is 0 Å². The Morgan fingerprint density at radius 3 is 2.21 bits per heavy atom. The Morgan fingerprint density at radius 1 is 1.14 bits per heavy atom. The summed E-state index contributed by atoms with van der Waals surface area (Å²) >= 11 is 4.14. The first-order valence-corrected chi connectivity index (χ1v) is 6.30. The van der Waals surface area contributed by atoms with E-state index in [0.717, 1.165) is 9.32 Å². The van der Waals surface area contributed by atoms with Crippen LogP contribution in [0.1, 0.15) is 20.8 Å². The van der Waals surface area contributed by atoms with Crippen LogP contribution >= 0.6 is 45.2 Å². The lowest BCUT2D eigenvalue weighted by Gasteiger charge is -2.23. The van der Waals surface area contributed by atoms with Gasteiger partial charge in [0.1, 0.15) is 11.4 Å². The number of halogens is 2. The van der Waals surface area contributed by atoms with Crippen molar-refractivity contribution < 1.29 is 9.84 Å². The summed E-state index contributed by atoms with van der Waals surface area (Å²) in [5, 5.41) is 11.3. The van der Waals surface area contributed by atoms with Crippen LogP contribution < -0.4 is 9.84 Å². The van der Waals surface area contributed by atoms with Crippen molar-refractivity contribution in [1.82, 2.24) is 0 Å². The number of hydrogen-bond acceptors (Lipinski definition) is 2. The van der Waals surface area contributed by atoms with E-state index in [0.29, 0.717) is 3.57 Å². The Bertz CT molecular complexity index is 343. The molecule has 0 saturated heterocycles. The van der Waals surface area contributed by atoms with Gasteiger partial charge < -0.3 is 9.84 Å². The molecule has 14 heavy (non-hydrogen) atoms. The Hall–Kier alpha value is 0.280. The molecule has 78 valence electrons. The van der Waals surface area contributed by atoms with Gasteiger partial charge in [0, 0.05) is 3.57 Å². The summed E-state index contributed by atoms with van der Waals surface area (Å²) in [5.74, 6) is 0.832. The van der Waals surface area contributed by atoms with Crippen LogP contribution in [0.3, 0.4) is 0 Å². The maximum absolute atomic E-state index is 11.3. The molecular formula is C10H11I2O2-. The molecule has 0 amide bonds. The minimum Gasteiger partial charge on any atom is -0.872 e. The second-order valence-electron chi connectivity index (χ2n) is 3.93. The van der Waals surface area contributed by atoms with Crippen molar-refractivity contribution in [2.24, 2.45) is 0 Å². The van der Waals surface area contributed by atoms with Crippen LogP contribution in [-0.2, 0) is 0 Å². The highest BCUT2D eigenvalue weighted by Crippen LogP contribution is 2.30. The van der Waals surface area contributed by atoms with Gasteiger partial charge in [0.05, 0.1) is 3.57 Å². The maximum Gasteiger partial charge on any atom is 0.134 e. The zero-order chi connectivity index (χ0) is 10.9. The molecule has 0 bridgehead atoms. The molecule has 0 unspecified atom stereocenters. The molecule has 1 aromatic carbocycles. The molecule has 0 fully saturated rings. The van der Waals surface area contributed by atoms with E-state index in [9.17, 15) is 5.11 Å². The van der Waals surface area contributed by atoms with Crippen molar-refractivity contribution >= 4 is 45.2 Å². The number of rotatable bonds is 1. The molecule has 0 saturated carbocycles. The van der Waals surface area contributed by atoms with Crippen LogP contribution in [0.15, 0.2) is 12.1 Å². The van der Waals surface area contributed by atoms with Crippen molar-refractivity contribution in [3.63, 3.8) is 0 Å². The van der Waals surface area contributed by atoms with E-state index < -0.39 is 0 Å². The van der Waals surface area contributed by atoms with Gasteiger partial charge in [-0.05, 0) is 72.0 Å². The molecule has 1 aromatic rings. The molecule has 0 aliphatic carbocycles. The average molecular weight is 417 g/mol. The SMILES string of the molecule is CC(C)(C)Oc1cc(I)c([O-])cc1I. The van der Waals surface area contributed by atoms with E-state index in [1.165, 1.54) is 0 Å². The van der Waals surface area contributed by atoms with Gasteiger partial charge in [0.2, 0.25) is 0 Å². The quantitative estimate of drug-likeness (QED) is 0.659. The standard InChI is InChI=1S/C10H12I2O2/c1-10(2,3)14-9-5-6(11)8(13)4-7(9)12/h4-5,13H,1-3H3/p-1. The lowest BCUT2D eigenvalue weighted by atomic mass is 10.2. The first-order chi connectivity index (χ1) is 6.29. The van der Waals surface area contributed by atoms with Crippen LogP contribution in [-0.4, -0.2) is 5.60 Å². The fourth-order valence-electron chi connectivity index (χ4n) is 0.918. The minimum atomic E-state index is -0.229. The fourth-order valence-corrected chi connectivity index (χ4v) is 1.91. The molecule has 0 aliphatic rings. The second-order valence-corrected chi connectivity index (χ2v) is 6.25. The zero-order valence-electron chi connectivity index (χ0n) is 8.23. The molecular weight excluding hydrogens is 406 g/mol. The van der Waals surface area contributed by atoms with Gasteiger partial charge in [-0.15, -0.1) is 0 Å². The lowest BCUT2D eigenvalue weighted by molar-refractivity contribution is -0.269. The monoisotopic (exact) mass is 417 g/mol. The van der Waals surface area contributed by atoms with Crippen molar-refractivity contribution in [3.05, 3.63) is 19.3 Å². The normalized spacial score (nSPS) is 11.5. The summed E-state index contributed by atoms with van der Waals surface area (Å²) in [7, 11) is 0. The van der Waals surface area contributed by atoms with Gasteiger partial charge >= 0.3 is 0 Å². The predicted octanol–water partition coefficient (Wildman–Crippen LogP) is 3.15. The van der Waals surface area contributed by atoms with E-state index in [1.54, 1.807) is 12.1 Å². The van der Waals surface area contributed by atoms with Crippen molar-refractivity contribution in [2.75, 3.05) is 0 Å². The molecule has 2 nitrogen and oxygen atoms in total. The molecule has 0 spiro atoms. The summed E-state index contributed by atoms with van der Waals surface area (Å²) in [6, 6.07) is 3.39. The Labute approximate surface area is 111 Å². The van der Waals surface area contributed by atoms with Gasteiger partial charge in [0.25, 0.3) is 0 Å². The lowest BCUT2D eigenvalue weighted by Crippen LogP contribution is -2.23. The number of ether oxygens (including phenoxy) is 1. The van der Waals surface area contributed by atoms with Crippen molar-refractivity contribution in [3.8, 4) is 11.5 Å². The van der Waals surface area contributed by atoms with Gasteiger partial charge in [-0.2, -0.15) is 0 Å². The van der Waals surface area contributed by atoms with Gasteiger partial charge in [-0.1, -0.05) is 11.8 Å². The van der Waals surface area contributed by atoms with E-state index >= 15 is 0 Å². The summed E-state index contributed by atoms with van der Waals surface area (Å²) < 4.78 is 7.28. The molecule has 0 heterocycles. The molecule has 1 rings (SSSR count). The smallest absolute Gasteiger partial charge is 0.134 e. The molecule has 0 atom stereocenters. The average Bonchev–Trinajstić information content (AvgIpc) is 1.97. The summed E-state index contributed by atoms with van der Waals surface area (Å²) in [6.45, 7) is 5.96. The first kappa shape index (κ1) is 12.4. The van der Waals surface area contributed by atoms with Crippen LogP contribution in [0.2, 0.25) is 0 Å². The second kappa shape index (κ2) is 4.42. The molecule has 4 heteroatoms. The summed E-state index contributed by atoms with van der Waals surface area (Å²) in [4.78, 5) is 0. The maximum atomic E-state index is 11.3. The third-order valence-corrected chi connectivity index (χ3v) is 3.09. The number of benzene rings is 1. The van der Waals surface area contributed by atoms with Gasteiger partial charge in [-0.25, -0.2) is 0 Å². The highest BCUT2D eigenvalue weighted by molar-refractivity contribution is 14.1. The zero-order valence-corrected chi connectivity index (χ0v) is 12.5. The van der Waals surface area contributed by atoms with Crippen molar-refractivity contribution in [2.45, 2.75) is 26.4 Å². The van der Waals surface area contributed by atoms with E-state index in [2.05, 4.69) is 22.6 Å². The third kappa shape index (κ3) is 3.45. The highest BCUT2D eigenvalue weighted by Gasteiger charge is 2.14. The molecule has 0 aliphatic heterocycles. The predicted molar refractivity (Wildman–Crippen MR) is 71.7 cm³/mol. The van der Waals surface area contributed by atoms with Crippen LogP contribution in [0.5, 0.6) is 11.5 Å². The Kier molecular flexibility index (Phi) is 3.90. The molecule has 0 radical (unpaired) electrons. The highest BCUT2D eigenvalue weighted by atomic mass is 127. The van der Waals surface area contributed by atoms with Crippen LogP contribution in [0.4, 0.5) is 0 Å². The van der Waals surface area contributed by atoms with Crippen molar-refractivity contribution in [1.29, 1.82) is 0 Å². The van der Waals surface area contributed by atoms with E-state index in [1.807, 2.05) is 43.4 Å². The van der Waals surface area contributed by atoms with E-state index in [4.69, 9.17) is 4.74 Å². The van der Waals surface area contributed by atoms with Gasteiger partial charge in [0.15, 0.2) is 0 Å². The first-order valence-electron chi connectivity index (χ1n) is 4.15. The Morgan fingerprint density at radius 2 is 1.71 bits per heavy atom. The topological polar surface area (TPSA) is 32.3 Å². The van der Waals surface area contributed by atoms with Gasteiger partial charge in [-0.3, -0.25) is 0 Å². The van der Waals surface area contributed by atoms with E-state index in [-0.39, 0.29) is 11.4 Å². The summed E-state index contributed by atoms with van der Waals surface area (Å²) in [5.41, 5.74) is -0.229. The van der Waals surface area contributed by atoms with Crippen LogP contribution in [0, 0.1) is 7.14 Å². The molecule has 0 N–H and O–H groups in total. The minimum absolute atomic E-state index is 0.0521. The third-order valence-electron chi connectivity index (χ3n) is 1.40. The molecule has 0 aromatic heterocycles. The Balaban J connectivity index is 3.04.